The second-order valence-electron chi connectivity index (χ2n) is 8.13. The van der Waals surface area contributed by atoms with E-state index in [1.165, 1.54) is 17.0 Å². The van der Waals surface area contributed by atoms with Crippen LogP contribution in [0.3, 0.4) is 0 Å². The summed E-state index contributed by atoms with van der Waals surface area (Å²) in [5, 5.41) is 2.22. The van der Waals surface area contributed by atoms with Crippen molar-refractivity contribution in [3.8, 4) is 5.75 Å². The Morgan fingerprint density at radius 1 is 0.917 bits per heavy atom. The highest BCUT2D eigenvalue weighted by Crippen LogP contribution is 2.38. The number of rotatable bonds is 6. The predicted molar refractivity (Wildman–Crippen MR) is 143 cm³/mol. The third-order valence-electron chi connectivity index (χ3n) is 5.70. The largest absolute Gasteiger partial charge is 0.486 e. The second-order valence-corrected chi connectivity index (χ2v) is 9.94. The van der Waals surface area contributed by atoms with Gasteiger partial charge in [-0.25, -0.2) is 4.39 Å². The first-order valence-electron chi connectivity index (χ1n) is 11.0. The van der Waals surface area contributed by atoms with Gasteiger partial charge < -0.3 is 4.74 Å². The SMILES string of the molecule is O=C1S/C(=C/c2cc(Cl)c(OCc3ccc(F)cc3)c(Cl)c2)C(=O)N1Cc1cccc2ccccc12. The molecule has 0 aromatic heterocycles. The standard InChI is InChI=1S/C28H18Cl2FNO3S/c29-23-12-18(13-24(30)26(23)35-16-17-8-10-21(31)11-9-17)14-25-27(33)32(28(34)36-25)15-20-6-3-5-19-4-1-2-7-22(19)20/h1-14H,15-16H2/b25-14+. The Kier molecular flexibility index (Phi) is 7.01. The fourth-order valence-corrected chi connectivity index (χ4v) is 5.38. The molecule has 2 amide bonds. The number of carbonyl (C=O) groups is 2. The zero-order chi connectivity index (χ0) is 25.2. The smallest absolute Gasteiger partial charge is 0.293 e. The second kappa shape index (κ2) is 10.3. The molecule has 0 saturated carbocycles. The van der Waals surface area contributed by atoms with Crippen LogP contribution in [-0.2, 0) is 17.9 Å². The van der Waals surface area contributed by atoms with Crippen molar-refractivity contribution in [1.82, 2.24) is 4.90 Å². The van der Waals surface area contributed by atoms with E-state index in [-0.39, 0.29) is 50.8 Å². The van der Waals surface area contributed by atoms with E-state index >= 15 is 0 Å². The van der Waals surface area contributed by atoms with Gasteiger partial charge in [-0.2, -0.15) is 0 Å². The van der Waals surface area contributed by atoms with Crippen molar-refractivity contribution in [3.63, 3.8) is 0 Å². The van der Waals surface area contributed by atoms with Crippen molar-refractivity contribution in [2.75, 3.05) is 0 Å². The lowest BCUT2D eigenvalue weighted by Crippen LogP contribution is -2.27. The van der Waals surface area contributed by atoms with Gasteiger partial charge in [0.25, 0.3) is 11.1 Å². The van der Waals surface area contributed by atoms with Gasteiger partial charge in [-0.15, -0.1) is 0 Å². The molecule has 0 atom stereocenters. The first-order valence-corrected chi connectivity index (χ1v) is 12.5. The Morgan fingerprint density at radius 2 is 1.61 bits per heavy atom. The van der Waals surface area contributed by atoms with E-state index < -0.39 is 0 Å². The summed E-state index contributed by atoms with van der Waals surface area (Å²) in [6, 6.07) is 22.8. The summed E-state index contributed by atoms with van der Waals surface area (Å²) < 4.78 is 18.8. The number of hydrogen-bond acceptors (Lipinski definition) is 4. The van der Waals surface area contributed by atoms with Crippen molar-refractivity contribution in [2.24, 2.45) is 0 Å². The summed E-state index contributed by atoms with van der Waals surface area (Å²) in [7, 11) is 0. The molecule has 1 heterocycles. The summed E-state index contributed by atoms with van der Waals surface area (Å²) in [6.07, 6.45) is 1.59. The highest BCUT2D eigenvalue weighted by Gasteiger charge is 2.35. The number of amides is 2. The number of imide groups is 1. The Morgan fingerprint density at radius 3 is 2.36 bits per heavy atom. The highest BCUT2D eigenvalue weighted by atomic mass is 35.5. The summed E-state index contributed by atoms with van der Waals surface area (Å²) in [5.41, 5.74) is 2.22. The number of carbonyl (C=O) groups excluding carboxylic acids is 2. The van der Waals surface area contributed by atoms with Crippen molar-refractivity contribution in [3.05, 3.63) is 116 Å². The molecule has 1 saturated heterocycles. The third-order valence-corrected chi connectivity index (χ3v) is 7.17. The topological polar surface area (TPSA) is 46.6 Å². The van der Waals surface area contributed by atoms with Gasteiger partial charge in [-0.3, -0.25) is 14.5 Å². The number of halogens is 3. The number of ether oxygens (including phenoxy) is 1. The minimum absolute atomic E-state index is 0.159. The van der Waals surface area contributed by atoms with Crippen LogP contribution in [0, 0.1) is 5.82 Å². The van der Waals surface area contributed by atoms with Crippen LogP contribution in [0.25, 0.3) is 16.8 Å². The molecule has 180 valence electrons. The lowest BCUT2D eigenvalue weighted by molar-refractivity contribution is -0.123. The molecule has 0 spiro atoms. The number of fused-ring (bicyclic) bond motifs is 1. The first kappa shape index (κ1) is 24.4. The van der Waals surface area contributed by atoms with Gasteiger partial charge in [0.2, 0.25) is 0 Å². The quantitative estimate of drug-likeness (QED) is 0.233. The minimum atomic E-state index is -0.373. The molecule has 0 bridgehead atoms. The Bertz CT molecular complexity index is 1490. The van der Waals surface area contributed by atoms with Crippen LogP contribution < -0.4 is 4.74 Å². The van der Waals surface area contributed by atoms with Crippen LogP contribution in [0.1, 0.15) is 16.7 Å². The lowest BCUT2D eigenvalue weighted by Gasteiger charge is -2.14. The number of nitrogens with zero attached hydrogens (tertiary/aromatic N) is 1. The molecular formula is C28H18Cl2FNO3S. The molecule has 5 rings (SSSR count). The third kappa shape index (κ3) is 5.12. The molecule has 0 radical (unpaired) electrons. The molecule has 0 N–H and O–H groups in total. The van der Waals surface area contributed by atoms with E-state index in [1.54, 1.807) is 30.3 Å². The normalized spacial score (nSPS) is 14.8. The Hall–Kier alpha value is -3.32. The van der Waals surface area contributed by atoms with Gasteiger partial charge in [-0.1, -0.05) is 77.8 Å². The molecule has 4 aromatic carbocycles. The lowest BCUT2D eigenvalue weighted by atomic mass is 10.0. The monoisotopic (exact) mass is 537 g/mol. The van der Waals surface area contributed by atoms with E-state index in [1.807, 2.05) is 42.5 Å². The maximum Gasteiger partial charge on any atom is 0.293 e. The zero-order valence-electron chi connectivity index (χ0n) is 18.7. The molecule has 4 nitrogen and oxygen atoms in total. The van der Waals surface area contributed by atoms with Crippen LogP contribution in [0.4, 0.5) is 9.18 Å². The van der Waals surface area contributed by atoms with Crippen molar-refractivity contribution in [2.45, 2.75) is 13.2 Å². The van der Waals surface area contributed by atoms with Gasteiger partial charge in [-0.05, 0) is 69.6 Å². The van der Waals surface area contributed by atoms with E-state index in [4.69, 9.17) is 27.9 Å². The van der Waals surface area contributed by atoms with Gasteiger partial charge >= 0.3 is 0 Å². The van der Waals surface area contributed by atoms with E-state index in [0.717, 1.165) is 33.7 Å². The first-order chi connectivity index (χ1) is 17.4. The number of hydrogen-bond donors (Lipinski definition) is 0. The van der Waals surface area contributed by atoms with Crippen molar-refractivity contribution in [1.29, 1.82) is 0 Å². The molecular weight excluding hydrogens is 520 g/mol. The summed E-state index contributed by atoms with van der Waals surface area (Å²) in [4.78, 5) is 27.3. The number of benzene rings is 4. The van der Waals surface area contributed by atoms with Crippen LogP contribution in [0.15, 0.2) is 83.8 Å². The average Bonchev–Trinajstić information content (AvgIpc) is 3.12. The van der Waals surface area contributed by atoms with Gasteiger partial charge in [0.15, 0.2) is 5.75 Å². The van der Waals surface area contributed by atoms with Crippen LogP contribution in [-0.4, -0.2) is 16.0 Å². The number of thioether (sulfide) groups is 1. The fourth-order valence-electron chi connectivity index (χ4n) is 3.93. The molecule has 4 aromatic rings. The molecule has 1 aliphatic heterocycles. The zero-order valence-corrected chi connectivity index (χ0v) is 21.0. The average molecular weight is 538 g/mol. The molecule has 8 heteroatoms. The Balaban J connectivity index is 1.34. The minimum Gasteiger partial charge on any atom is -0.486 e. The van der Waals surface area contributed by atoms with Gasteiger partial charge in [0, 0.05) is 0 Å². The maximum absolute atomic E-state index is 13.1. The Labute approximate surface area is 221 Å². The molecule has 36 heavy (non-hydrogen) atoms. The van der Waals surface area contributed by atoms with Gasteiger partial charge in [0.05, 0.1) is 21.5 Å². The highest BCUT2D eigenvalue weighted by molar-refractivity contribution is 8.18. The van der Waals surface area contributed by atoms with Crippen molar-refractivity contribution < 1.29 is 18.7 Å². The maximum atomic E-state index is 13.1. The van der Waals surface area contributed by atoms with Crippen LogP contribution >= 0.6 is 35.0 Å². The van der Waals surface area contributed by atoms with Gasteiger partial charge in [0.1, 0.15) is 12.4 Å². The van der Waals surface area contributed by atoms with Crippen molar-refractivity contribution >= 4 is 63.0 Å². The summed E-state index contributed by atoms with van der Waals surface area (Å²) in [6.45, 7) is 0.340. The summed E-state index contributed by atoms with van der Waals surface area (Å²) in [5.74, 6) is -0.425. The molecule has 0 unspecified atom stereocenters. The molecule has 1 fully saturated rings. The van der Waals surface area contributed by atoms with E-state index in [0.29, 0.717) is 5.56 Å². The molecule has 1 aliphatic rings. The van der Waals surface area contributed by atoms with Crippen LogP contribution in [0.5, 0.6) is 5.75 Å². The van der Waals surface area contributed by atoms with Crippen LogP contribution in [0.2, 0.25) is 10.0 Å². The van der Waals surface area contributed by atoms with E-state index in [9.17, 15) is 14.0 Å². The molecule has 0 aliphatic carbocycles. The van der Waals surface area contributed by atoms with E-state index in [2.05, 4.69) is 0 Å². The predicted octanol–water partition coefficient (Wildman–Crippen LogP) is 8.10. The fraction of sp³-hybridized carbons (Fsp3) is 0.0714. The summed E-state index contributed by atoms with van der Waals surface area (Å²) >= 11 is 13.7.